The molecule has 21 heavy (non-hydrogen) atoms. The Morgan fingerprint density at radius 3 is 3.05 bits per heavy atom. The monoisotopic (exact) mass is 298 g/mol. The highest BCUT2D eigenvalue weighted by atomic mass is 19.1. The Labute approximate surface area is 122 Å². The predicted octanol–water partition coefficient (Wildman–Crippen LogP) is 1.55. The number of carbonyl (C=O) groups is 1. The lowest BCUT2D eigenvalue weighted by atomic mass is 10.1. The summed E-state index contributed by atoms with van der Waals surface area (Å²) in [6, 6.07) is 4.15. The lowest BCUT2D eigenvalue weighted by molar-refractivity contribution is 0.124. The maximum atomic E-state index is 13.1. The van der Waals surface area contributed by atoms with E-state index in [-0.39, 0.29) is 11.9 Å². The zero-order valence-corrected chi connectivity index (χ0v) is 11.8. The maximum Gasteiger partial charge on any atom is 0.407 e. The van der Waals surface area contributed by atoms with Crippen molar-refractivity contribution in [3.63, 3.8) is 0 Å². The van der Waals surface area contributed by atoms with Gasteiger partial charge in [-0.15, -0.1) is 0 Å². The first kappa shape index (κ1) is 15.4. The summed E-state index contributed by atoms with van der Waals surface area (Å²) >= 11 is 0. The van der Waals surface area contributed by atoms with Gasteiger partial charge in [0.05, 0.1) is 13.7 Å². The highest BCUT2D eigenvalue weighted by Gasteiger charge is 2.22. The fraction of sp³-hybridized carbons (Fsp3) is 0.500. The smallest absolute Gasteiger partial charge is 0.407 e. The van der Waals surface area contributed by atoms with Crippen molar-refractivity contribution in [3.05, 3.63) is 24.0 Å². The minimum atomic E-state index is -0.900. The van der Waals surface area contributed by atoms with Gasteiger partial charge in [0.15, 0.2) is 11.5 Å². The lowest BCUT2D eigenvalue weighted by Crippen LogP contribution is -2.52. The van der Waals surface area contributed by atoms with E-state index in [4.69, 9.17) is 14.6 Å². The van der Waals surface area contributed by atoms with E-state index in [0.29, 0.717) is 44.2 Å². The number of nitrogens with one attached hydrogen (secondary N) is 1. The number of carboxylic acid groups (broad SMARTS) is 1. The van der Waals surface area contributed by atoms with Gasteiger partial charge in [-0.1, -0.05) is 0 Å². The molecule has 0 bridgehead atoms. The van der Waals surface area contributed by atoms with Crippen LogP contribution in [0.4, 0.5) is 9.18 Å². The summed E-state index contributed by atoms with van der Waals surface area (Å²) in [5, 5.41) is 12.2. The Balaban J connectivity index is 1.83. The molecular weight excluding hydrogens is 279 g/mol. The maximum absolute atomic E-state index is 13.1. The van der Waals surface area contributed by atoms with E-state index in [9.17, 15) is 9.18 Å². The molecule has 7 heteroatoms. The fourth-order valence-corrected chi connectivity index (χ4v) is 2.26. The summed E-state index contributed by atoms with van der Waals surface area (Å²) in [6.07, 6.45) is -0.243. The number of hydrogen-bond acceptors (Lipinski definition) is 4. The first-order valence-corrected chi connectivity index (χ1v) is 6.77. The molecule has 0 spiro atoms. The molecule has 1 aromatic rings. The van der Waals surface area contributed by atoms with Gasteiger partial charge >= 0.3 is 6.09 Å². The molecule has 0 aliphatic carbocycles. The van der Waals surface area contributed by atoms with Crippen molar-refractivity contribution in [1.29, 1.82) is 0 Å². The third-order valence-electron chi connectivity index (χ3n) is 3.38. The number of rotatable bonds is 5. The second-order valence-corrected chi connectivity index (χ2v) is 4.81. The average Bonchev–Trinajstić information content (AvgIpc) is 2.49. The summed E-state index contributed by atoms with van der Waals surface area (Å²) in [4.78, 5) is 12.3. The highest BCUT2D eigenvalue weighted by Crippen LogP contribution is 2.27. The Morgan fingerprint density at radius 2 is 2.33 bits per heavy atom. The first-order valence-electron chi connectivity index (χ1n) is 6.77. The van der Waals surface area contributed by atoms with Crippen LogP contribution in [0.15, 0.2) is 18.2 Å². The zero-order chi connectivity index (χ0) is 15.2. The van der Waals surface area contributed by atoms with E-state index in [2.05, 4.69) is 5.32 Å². The van der Waals surface area contributed by atoms with Crippen LogP contribution >= 0.6 is 0 Å². The van der Waals surface area contributed by atoms with Gasteiger partial charge in [0, 0.05) is 31.7 Å². The van der Waals surface area contributed by atoms with Crippen molar-refractivity contribution in [2.45, 2.75) is 12.5 Å². The number of amides is 1. The van der Waals surface area contributed by atoms with Crippen molar-refractivity contribution in [3.8, 4) is 11.5 Å². The number of halogens is 1. The van der Waals surface area contributed by atoms with Gasteiger partial charge < -0.3 is 24.8 Å². The van der Waals surface area contributed by atoms with Crippen LogP contribution in [0.2, 0.25) is 0 Å². The van der Waals surface area contributed by atoms with E-state index in [1.807, 2.05) is 0 Å². The summed E-state index contributed by atoms with van der Waals surface area (Å²) in [7, 11) is 1.45. The average molecular weight is 298 g/mol. The molecule has 116 valence electrons. The van der Waals surface area contributed by atoms with Crippen LogP contribution in [-0.2, 0) is 0 Å². The van der Waals surface area contributed by atoms with Crippen LogP contribution in [0.5, 0.6) is 11.5 Å². The number of benzene rings is 1. The lowest BCUT2D eigenvalue weighted by Gasteiger charge is -2.31. The molecule has 0 aromatic heterocycles. The Bertz CT molecular complexity index is 498. The Kier molecular flexibility index (Phi) is 5.21. The second-order valence-electron chi connectivity index (χ2n) is 4.81. The molecule has 1 aliphatic heterocycles. The summed E-state index contributed by atoms with van der Waals surface area (Å²) in [6.45, 7) is 1.97. The molecule has 1 aliphatic rings. The van der Waals surface area contributed by atoms with Crippen LogP contribution in [0.1, 0.15) is 6.42 Å². The van der Waals surface area contributed by atoms with Crippen molar-refractivity contribution in [2.24, 2.45) is 0 Å². The number of hydrogen-bond donors (Lipinski definition) is 2. The van der Waals surface area contributed by atoms with E-state index >= 15 is 0 Å². The molecular formula is C14H19FN2O4. The van der Waals surface area contributed by atoms with Gasteiger partial charge in [0.25, 0.3) is 0 Å². The van der Waals surface area contributed by atoms with Crippen molar-refractivity contribution in [1.82, 2.24) is 10.2 Å². The Hall–Kier alpha value is -2.02. The molecule has 0 radical (unpaired) electrons. The second kappa shape index (κ2) is 7.12. The van der Waals surface area contributed by atoms with Gasteiger partial charge in [-0.2, -0.15) is 0 Å². The standard InChI is InChI=1S/C14H19FN2O4/c1-20-13-8-10(15)2-3-12(13)21-7-4-11-9-17(14(18)19)6-5-16-11/h2-3,8,11,16H,4-7,9H2,1H3,(H,18,19)/t11-/m1/s1. The van der Waals surface area contributed by atoms with Gasteiger partial charge in [0.2, 0.25) is 0 Å². The minimum absolute atomic E-state index is 0.0568. The molecule has 1 aromatic carbocycles. The van der Waals surface area contributed by atoms with Crippen LogP contribution in [-0.4, -0.2) is 55.5 Å². The summed E-state index contributed by atoms with van der Waals surface area (Å²) < 4.78 is 23.7. The minimum Gasteiger partial charge on any atom is -0.493 e. The van der Waals surface area contributed by atoms with Crippen molar-refractivity contribution < 1.29 is 23.8 Å². The molecule has 2 N–H and O–H groups in total. The van der Waals surface area contributed by atoms with E-state index in [0.717, 1.165) is 0 Å². The third-order valence-corrected chi connectivity index (χ3v) is 3.38. The summed E-state index contributed by atoms with van der Waals surface area (Å²) in [5.74, 6) is 0.439. The molecule has 0 unspecified atom stereocenters. The molecule has 0 saturated carbocycles. The number of methoxy groups -OCH3 is 1. The molecule has 2 rings (SSSR count). The molecule has 1 heterocycles. The number of nitrogens with zero attached hydrogens (tertiary/aromatic N) is 1. The predicted molar refractivity (Wildman–Crippen MR) is 74.5 cm³/mol. The van der Waals surface area contributed by atoms with Gasteiger partial charge in [-0.05, 0) is 18.6 Å². The quantitative estimate of drug-likeness (QED) is 0.863. The molecule has 1 saturated heterocycles. The first-order chi connectivity index (χ1) is 10.1. The van der Waals surface area contributed by atoms with Gasteiger partial charge in [-0.25, -0.2) is 9.18 Å². The van der Waals surface area contributed by atoms with Crippen LogP contribution in [0.3, 0.4) is 0 Å². The topological polar surface area (TPSA) is 71.0 Å². The molecule has 1 atom stereocenters. The third kappa shape index (κ3) is 4.22. The Morgan fingerprint density at radius 1 is 1.52 bits per heavy atom. The van der Waals surface area contributed by atoms with Gasteiger partial charge in [0.1, 0.15) is 5.82 Å². The van der Waals surface area contributed by atoms with Crippen LogP contribution in [0, 0.1) is 5.82 Å². The molecule has 1 fully saturated rings. The number of ether oxygens (including phenoxy) is 2. The van der Waals surface area contributed by atoms with Gasteiger partial charge in [-0.3, -0.25) is 0 Å². The van der Waals surface area contributed by atoms with Crippen LogP contribution < -0.4 is 14.8 Å². The van der Waals surface area contributed by atoms with E-state index in [1.54, 1.807) is 0 Å². The van der Waals surface area contributed by atoms with E-state index in [1.165, 1.54) is 30.2 Å². The number of piperazine rings is 1. The summed E-state index contributed by atoms with van der Waals surface area (Å²) in [5.41, 5.74) is 0. The zero-order valence-electron chi connectivity index (χ0n) is 11.8. The van der Waals surface area contributed by atoms with Crippen molar-refractivity contribution in [2.75, 3.05) is 33.4 Å². The largest absolute Gasteiger partial charge is 0.493 e. The molecule has 6 nitrogen and oxygen atoms in total. The van der Waals surface area contributed by atoms with E-state index < -0.39 is 6.09 Å². The normalized spacial score (nSPS) is 18.4. The van der Waals surface area contributed by atoms with Crippen LogP contribution in [0.25, 0.3) is 0 Å². The SMILES string of the molecule is COc1cc(F)ccc1OCC[C@@H]1CN(C(=O)O)CCN1. The highest BCUT2D eigenvalue weighted by molar-refractivity contribution is 5.65. The van der Waals surface area contributed by atoms with Crippen molar-refractivity contribution >= 4 is 6.09 Å². The molecule has 1 amide bonds. The fourth-order valence-electron chi connectivity index (χ4n) is 2.26.